The number of nitrogens with one attached hydrogen (secondary N) is 1. The number of unbranched alkanes of at least 4 members (excludes halogenated alkanes) is 1. The zero-order valence-corrected chi connectivity index (χ0v) is 12.9. The maximum atomic E-state index is 12.0. The molecule has 1 amide bonds. The second-order valence-corrected chi connectivity index (χ2v) is 4.56. The molecule has 2 aromatic rings. The van der Waals surface area contributed by atoms with Crippen molar-refractivity contribution in [2.45, 2.75) is 12.8 Å². The third-order valence-electron chi connectivity index (χ3n) is 2.95. The molecule has 0 aliphatic heterocycles. The van der Waals surface area contributed by atoms with Gasteiger partial charge in [-0.1, -0.05) is 18.2 Å². The fourth-order valence-electron chi connectivity index (χ4n) is 1.85. The van der Waals surface area contributed by atoms with Gasteiger partial charge in [-0.3, -0.25) is 9.59 Å². The number of halogens is 1. The molecule has 1 aromatic heterocycles. The molecule has 0 aliphatic rings. The minimum Gasteiger partial charge on any atom is -0.351 e. The third-order valence-corrected chi connectivity index (χ3v) is 2.95. The predicted octanol–water partition coefficient (Wildman–Crippen LogP) is 1.12. The van der Waals surface area contributed by atoms with Crippen molar-refractivity contribution in [2.24, 2.45) is 5.73 Å². The molecule has 6 nitrogen and oxygen atoms in total. The highest BCUT2D eigenvalue weighted by Gasteiger charge is 2.09. The molecule has 0 atom stereocenters. The number of rotatable bonds is 6. The van der Waals surface area contributed by atoms with Crippen LogP contribution in [0, 0.1) is 0 Å². The topological polar surface area (TPSA) is 90.0 Å². The number of para-hydroxylation sites is 1. The minimum absolute atomic E-state index is 0. The first-order chi connectivity index (χ1) is 10.2. The van der Waals surface area contributed by atoms with Crippen LogP contribution >= 0.6 is 12.4 Å². The number of nitrogens with zero attached hydrogens (tertiary/aromatic N) is 2. The van der Waals surface area contributed by atoms with Crippen LogP contribution < -0.4 is 16.6 Å². The molecule has 22 heavy (non-hydrogen) atoms. The van der Waals surface area contributed by atoms with Crippen molar-refractivity contribution in [3.05, 3.63) is 58.5 Å². The van der Waals surface area contributed by atoms with Crippen LogP contribution in [0.15, 0.2) is 47.3 Å². The van der Waals surface area contributed by atoms with E-state index in [1.807, 2.05) is 18.2 Å². The third kappa shape index (κ3) is 4.68. The van der Waals surface area contributed by atoms with Crippen LogP contribution in [0.4, 0.5) is 0 Å². The average Bonchev–Trinajstić information content (AvgIpc) is 2.52. The monoisotopic (exact) mass is 322 g/mol. The number of carbonyl (C=O) groups is 1. The largest absolute Gasteiger partial charge is 0.351 e. The summed E-state index contributed by atoms with van der Waals surface area (Å²) in [4.78, 5) is 23.8. The van der Waals surface area contributed by atoms with E-state index in [0.717, 1.165) is 12.8 Å². The summed E-state index contributed by atoms with van der Waals surface area (Å²) in [7, 11) is 0. The molecule has 0 bridgehead atoms. The zero-order valence-electron chi connectivity index (χ0n) is 12.1. The summed E-state index contributed by atoms with van der Waals surface area (Å²) in [6.07, 6.45) is 1.68. The predicted molar refractivity (Wildman–Crippen MR) is 87.7 cm³/mol. The lowest BCUT2D eigenvalue weighted by atomic mass is 10.3. The van der Waals surface area contributed by atoms with Crippen LogP contribution in [0.2, 0.25) is 0 Å². The fraction of sp³-hybridized carbons (Fsp3) is 0.267. The van der Waals surface area contributed by atoms with E-state index in [1.54, 1.807) is 12.1 Å². The second-order valence-electron chi connectivity index (χ2n) is 4.56. The van der Waals surface area contributed by atoms with Gasteiger partial charge >= 0.3 is 0 Å². The highest BCUT2D eigenvalue weighted by atomic mass is 35.5. The Labute approximate surface area is 134 Å². The molecule has 0 spiro atoms. The van der Waals surface area contributed by atoms with Gasteiger partial charge in [-0.15, -0.1) is 12.4 Å². The molecule has 1 aromatic carbocycles. The van der Waals surface area contributed by atoms with Crippen LogP contribution in [0.5, 0.6) is 0 Å². The van der Waals surface area contributed by atoms with Crippen LogP contribution in [-0.4, -0.2) is 28.8 Å². The molecule has 0 fully saturated rings. The van der Waals surface area contributed by atoms with Crippen molar-refractivity contribution >= 4 is 18.3 Å². The van der Waals surface area contributed by atoms with E-state index in [0.29, 0.717) is 18.8 Å². The van der Waals surface area contributed by atoms with E-state index in [1.165, 1.54) is 16.8 Å². The molecule has 7 heteroatoms. The van der Waals surface area contributed by atoms with Gasteiger partial charge in [-0.25, -0.2) is 0 Å². The fourth-order valence-corrected chi connectivity index (χ4v) is 1.85. The van der Waals surface area contributed by atoms with Gasteiger partial charge in [0.1, 0.15) is 5.69 Å². The average molecular weight is 323 g/mol. The van der Waals surface area contributed by atoms with Gasteiger partial charge in [0.05, 0.1) is 5.69 Å². The molecule has 0 radical (unpaired) electrons. The van der Waals surface area contributed by atoms with Gasteiger partial charge in [-0.05, 0) is 37.6 Å². The van der Waals surface area contributed by atoms with Gasteiger partial charge in [-0.2, -0.15) is 9.78 Å². The summed E-state index contributed by atoms with van der Waals surface area (Å²) in [5.74, 6) is -0.295. The molecule has 0 saturated carbocycles. The first kappa shape index (κ1) is 17.9. The molecular weight excluding hydrogens is 304 g/mol. The Kier molecular flexibility index (Phi) is 7.28. The van der Waals surface area contributed by atoms with E-state index in [4.69, 9.17) is 5.73 Å². The normalized spacial score (nSPS) is 9.86. The lowest BCUT2D eigenvalue weighted by Crippen LogP contribution is -2.29. The van der Waals surface area contributed by atoms with Crippen molar-refractivity contribution in [2.75, 3.05) is 13.1 Å². The number of hydrogen-bond donors (Lipinski definition) is 2. The summed E-state index contributed by atoms with van der Waals surface area (Å²) >= 11 is 0. The SMILES string of the molecule is Cl.NCCCCNC(=O)c1ccc(=O)n(-c2ccccc2)n1. The highest BCUT2D eigenvalue weighted by molar-refractivity contribution is 5.92. The summed E-state index contributed by atoms with van der Waals surface area (Å²) in [5.41, 5.74) is 5.96. The van der Waals surface area contributed by atoms with E-state index >= 15 is 0 Å². The van der Waals surface area contributed by atoms with Crippen molar-refractivity contribution in [1.82, 2.24) is 15.1 Å². The minimum atomic E-state index is -0.295. The maximum Gasteiger partial charge on any atom is 0.271 e. The Bertz CT molecular complexity index is 658. The Morgan fingerprint density at radius 1 is 1.14 bits per heavy atom. The molecule has 0 unspecified atom stereocenters. The zero-order chi connectivity index (χ0) is 15.1. The van der Waals surface area contributed by atoms with E-state index in [-0.39, 0.29) is 29.6 Å². The number of hydrogen-bond acceptors (Lipinski definition) is 4. The Hall–Kier alpha value is -2.18. The Morgan fingerprint density at radius 2 is 1.86 bits per heavy atom. The molecule has 0 saturated heterocycles. The van der Waals surface area contributed by atoms with Crippen LogP contribution in [-0.2, 0) is 0 Å². The number of aromatic nitrogens is 2. The smallest absolute Gasteiger partial charge is 0.271 e. The molecular formula is C15H19ClN4O2. The van der Waals surface area contributed by atoms with Crippen molar-refractivity contribution in [1.29, 1.82) is 0 Å². The molecule has 0 aliphatic carbocycles. The van der Waals surface area contributed by atoms with Gasteiger partial charge in [0.25, 0.3) is 11.5 Å². The van der Waals surface area contributed by atoms with Crippen LogP contribution in [0.1, 0.15) is 23.3 Å². The van der Waals surface area contributed by atoms with Gasteiger partial charge in [0.2, 0.25) is 0 Å². The lowest BCUT2D eigenvalue weighted by molar-refractivity contribution is 0.0946. The van der Waals surface area contributed by atoms with Crippen molar-refractivity contribution in [3.8, 4) is 5.69 Å². The van der Waals surface area contributed by atoms with Crippen molar-refractivity contribution < 1.29 is 4.79 Å². The summed E-state index contributed by atoms with van der Waals surface area (Å²) in [6, 6.07) is 11.8. The van der Waals surface area contributed by atoms with Gasteiger partial charge in [0, 0.05) is 12.6 Å². The van der Waals surface area contributed by atoms with Gasteiger partial charge in [0.15, 0.2) is 0 Å². The number of benzene rings is 1. The lowest BCUT2D eigenvalue weighted by Gasteiger charge is -2.07. The molecule has 1 heterocycles. The molecule has 2 rings (SSSR count). The molecule has 3 N–H and O–H groups in total. The van der Waals surface area contributed by atoms with E-state index in [2.05, 4.69) is 10.4 Å². The quantitative estimate of drug-likeness (QED) is 0.780. The van der Waals surface area contributed by atoms with Crippen molar-refractivity contribution in [3.63, 3.8) is 0 Å². The first-order valence-corrected chi connectivity index (χ1v) is 6.86. The summed E-state index contributed by atoms with van der Waals surface area (Å²) in [6.45, 7) is 1.15. The molecule has 118 valence electrons. The van der Waals surface area contributed by atoms with Gasteiger partial charge < -0.3 is 11.1 Å². The van der Waals surface area contributed by atoms with E-state index < -0.39 is 0 Å². The highest BCUT2D eigenvalue weighted by Crippen LogP contribution is 2.02. The number of nitrogens with two attached hydrogens (primary N) is 1. The number of amides is 1. The maximum absolute atomic E-state index is 12.0. The summed E-state index contributed by atoms with van der Waals surface area (Å²) < 4.78 is 1.22. The Balaban J connectivity index is 0.00000242. The van der Waals surface area contributed by atoms with E-state index in [9.17, 15) is 9.59 Å². The summed E-state index contributed by atoms with van der Waals surface area (Å²) in [5, 5.41) is 6.87. The first-order valence-electron chi connectivity index (χ1n) is 6.86. The number of carbonyl (C=O) groups excluding carboxylic acids is 1. The van der Waals surface area contributed by atoms with Crippen LogP contribution in [0.3, 0.4) is 0 Å². The Morgan fingerprint density at radius 3 is 2.55 bits per heavy atom. The standard InChI is InChI=1S/C15H18N4O2.ClH/c16-10-4-5-11-17-15(21)13-8-9-14(20)19(18-13)12-6-2-1-3-7-12;/h1-3,6-9H,4-5,10-11,16H2,(H,17,21);1H. The second kappa shape index (κ2) is 8.96. The van der Waals surface area contributed by atoms with Crippen LogP contribution in [0.25, 0.3) is 5.69 Å².